The van der Waals surface area contributed by atoms with E-state index in [1.807, 2.05) is 36.9 Å². The SMILES string of the molecule is Cc1cc(C)nc(SCc2c(C(=O)N3CCC(C)CC3)nnn2-c2ccc(Cl)cc2)n1. The molecule has 1 fully saturated rings. The van der Waals surface area contributed by atoms with Gasteiger partial charge in [0, 0.05) is 35.3 Å². The number of aryl methyl sites for hydroxylation is 2. The Kier molecular flexibility index (Phi) is 6.57. The van der Waals surface area contributed by atoms with Crippen LogP contribution in [0, 0.1) is 19.8 Å². The van der Waals surface area contributed by atoms with E-state index in [4.69, 9.17) is 11.6 Å². The molecule has 0 radical (unpaired) electrons. The fourth-order valence-corrected chi connectivity index (χ4v) is 4.71. The maximum Gasteiger partial charge on any atom is 0.276 e. The van der Waals surface area contributed by atoms with Crippen LogP contribution in [0.15, 0.2) is 35.5 Å². The van der Waals surface area contributed by atoms with E-state index in [1.165, 1.54) is 11.8 Å². The molecular formula is C22H25ClN6OS. The predicted octanol–water partition coefficient (Wildman–Crippen LogP) is 4.49. The molecule has 4 rings (SSSR count). The highest BCUT2D eigenvalue weighted by Gasteiger charge is 2.28. The summed E-state index contributed by atoms with van der Waals surface area (Å²) in [5.41, 5.74) is 3.76. The van der Waals surface area contributed by atoms with Crippen LogP contribution in [0.2, 0.25) is 5.02 Å². The molecule has 3 aromatic rings. The van der Waals surface area contributed by atoms with Crippen molar-refractivity contribution in [3.63, 3.8) is 0 Å². The Morgan fingerprint density at radius 1 is 1.13 bits per heavy atom. The first-order valence-corrected chi connectivity index (χ1v) is 11.7. The fourth-order valence-electron chi connectivity index (χ4n) is 3.64. The van der Waals surface area contributed by atoms with Crippen molar-refractivity contribution >= 4 is 29.3 Å². The number of aromatic nitrogens is 5. The highest BCUT2D eigenvalue weighted by molar-refractivity contribution is 7.98. The van der Waals surface area contributed by atoms with Crippen molar-refractivity contribution in [2.75, 3.05) is 13.1 Å². The number of carbonyl (C=O) groups excluding carboxylic acids is 1. The molecule has 0 saturated carbocycles. The molecule has 0 unspecified atom stereocenters. The summed E-state index contributed by atoms with van der Waals surface area (Å²) in [6, 6.07) is 9.28. The van der Waals surface area contributed by atoms with Gasteiger partial charge in [-0.25, -0.2) is 14.6 Å². The summed E-state index contributed by atoms with van der Waals surface area (Å²) in [5.74, 6) is 1.05. The molecule has 9 heteroatoms. The third kappa shape index (κ3) is 5.07. The Hall–Kier alpha value is -2.45. The average molecular weight is 457 g/mol. The standard InChI is InChI=1S/C22H25ClN6OS/c1-14-8-10-28(11-9-14)21(30)20-19(13-31-22-24-15(2)12-16(3)25-22)29(27-26-20)18-6-4-17(23)5-7-18/h4-7,12,14H,8-11,13H2,1-3H3. The number of likely N-dealkylation sites (tertiary alicyclic amines) is 1. The number of thioether (sulfide) groups is 1. The minimum atomic E-state index is -0.0657. The van der Waals surface area contributed by atoms with Crippen LogP contribution in [0.4, 0.5) is 0 Å². The van der Waals surface area contributed by atoms with Gasteiger partial charge in [0.05, 0.1) is 11.4 Å². The van der Waals surface area contributed by atoms with Crippen LogP contribution >= 0.6 is 23.4 Å². The lowest BCUT2D eigenvalue weighted by atomic mass is 9.99. The zero-order valence-electron chi connectivity index (χ0n) is 17.9. The minimum absolute atomic E-state index is 0.0657. The first kappa shape index (κ1) is 21.8. The molecule has 3 heterocycles. The van der Waals surface area contributed by atoms with Crippen LogP contribution in [-0.2, 0) is 5.75 Å². The Morgan fingerprint density at radius 2 is 1.77 bits per heavy atom. The van der Waals surface area contributed by atoms with Gasteiger partial charge in [0.25, 0.3) is 5.91 Å². The molecule has 1 saturated heterocycles. The van der Waals surface area contributed by atoms with Crippen molar-refractivity contribution in [3.8, 4) is 5.69 Å². The number of rotatable bonds is 5. The molecule has 1 aromatic carbocycles. The van der Waals surface area contributed by atoms with E-state index >= 15 is 0 Å². The summed E-state index contributed by atoms with van der Waals surface area (Å²) in [5, 5.41) is 9.92. The highest BCUT2D eigenvalue weighted by Crippen LogP contribution is 2.26. The average Bonchev–Trinajstić information content (AvgIpc) is 3.16. The Labute approximate surface area is 191 Å². The molecule has 31 heavy (non-hydrogen) atoms. The molecule has 0 spiro atoms. The molecule has 2 aromatic heterocycles. The lowest BCUT2D eigenvalue weighted by molar-refractivity contribution is 0.0690. The number of halogens is 1. The van der Waals surface area contributed by atoms with Gasteiger partial charge < -0.3 is 4.90 Å². The third-order valence-corrected chi connectivity index (χ3v) is 6.52. The van der Waals surface area contributed by atoms with Gasteiger partial charge in [-0.1, -0.05) is 35.5 Å². The lowest BCUT2D eigenvalue weighted by Gasteiger charge is -2.29. The van der Waals surface area contributed by atoms with Crippen LogP contribution in [0.25, 0.3) is 5.69 Å². The predicted molar refractivity (Wildman–Crippen MR) is 122 cm³/mol. The van der Waals surface area contributed by atoms with Gasteiger partial charge in [0.1, 0.15) is 0 Å². The van der Waals surface area contributed by atoms with Crippen LogP contribution in [-0.4, -0.2) is 48.9 Å². The first-order chi connectivity index (χ1) is 14.9. The number of hydrogen-bond donors (Lipinski definition) is 0. The number of nitrogens with zero attached hydrogens (tertiary/aromatic N) is 6. The van der Waals surface area contributed by atoms with E-state index in [2.05, 4.69) is 27.2 Å². The normalized spacial score (nSPS) is 14.8. The first-order valence-electron chi connectivity index (χ1n) is 10.4. The molecule has 0 bridgehead atoms. The van der Waals surface area contributed by atoms with Crippen LogP contribution in [0.5, 0.6) is 0 Å². The van der Waals surface area contributed by atoms with E-state index in [1.54, 1.807) is 16.8 Å². The van der Waals surface area contributed by atoms with E-state index < -0.39 is 0 Å². The van der Waals surface area contributed by atoms with Gasteiger partial charge in [-0.3, -0.25) is 4.79 Å². The fraction of sp³-hybridized carbons (Fsp3) is 0.409. The maximum absolute atomic E-state index is 13.3. The van der Waals surface area contributed by atoms with Gasteiger partial charge in [0.2, 0.25) is 0 Å². The van der Waals surface area contributed by atoms with Crippen molar-refractivity contribution in [1.82, 2.24) is 29.9 Å². The number of hydrogen-bond acceptors (Lipinski definition) is 6. The van der Waals surface area contributed by atoms with Crippen molar-refractivity contribution in [3.05, 3.63) is 58.1 Å². The Bertz CT molecular complexity index is 1060. The second kappa shape index (κ2) is 9.36. The molecule has 7 nitrogen and oxygen atoms in total. The second-order valence-electron chi connectivity index (χ2n) is 7.97. The Balaban J connectivity index is 1.66. The van der Waals surface area contributed by atoms with Crippen LogP contribution < -0.4 is 0 Å². The lowest BCUT2D eigenvalue weighted by Crippen LogP contribution is -2.38. The number of benzene rings is 1. The molecule has 0 N–H and O–H groups in total. The quantitative estimate of drug-likeness (QED) is 0.415. The molecule has 0 aliphatic carbocycles. The topological polar surface area (TPSA) is 76.8 Å². The molecule has 162 valence electrons. The minimum Gasteiger partial charge on any atom is -0.337 e. The van der Waals surface area contributed by atoms with Crippen LogP contribution in [0.1, 0.15) is 47.3 Å². The largest absolute Gasteiger partial charge is 0.337 e. The van der Waals surface area contributed by atoms with Gasteiger partial charge in [0.15, 0.2) is 10.9 Å². The van der Waals surface area contributed by atoms with Crippen LogP contribution in [0.3, 0.4) is 0 Å². The molecule has 0 atom stereocenters. The van der Waals surface area contributed by atoms with Crippen molar-refractivity contribution in [1.29, 1.82) is 0 Å². The third-order valence-electron chi connectivity index (χ3n) is 5.41. The highest BCUT2D eigenvalue weighted by atomic mass is 35.5. The molecular weight excluding hydrogens is 432 g/mol. The van der Waals surface area contributed by atoms with Gasteiger partial charge >= 0.3 is 0 Å². The summed E-state index contributed by atoms with van der Waals surface area (Å²) in [6.07, 6.45) is 2.02. The van der Waals surface area contributed by atoms with Gasteiger partial charge in [-0.15, -0.1) is 5.10 Å². The Morgan fingerprint density at radius 3 is 2.42 bits per heavy atom. The summed E-state index contributed by atoms with van der Waals surface area (Å²) >= 11 is 7.53. The monoisotopic (exact) mass is 456 g/mol. The van der Waals surface area contributed by atoms with E-state index in [0.717, 1.165) is 48.7 Å². The van der Waals surface area contributed by atoms with Gasteiger partial charge in [-0.05, 0) is 62.9 Å². The summed E-state index contributed by atoms with van der Waals surface area (Å²) < 4.78 is 1.71. The zero-order chi connectivity index (χ0) is 22.0. The molecule has 1 aliphatic heterocycles. The van der Waals surface area contributed by atoms with Crippen molar-refractivity contribution in [2.24, 2.45) is 5.92 Å². The number of carbonyl (C=O) groups is 1. The molecule has 1 amide bonds. The van der Waals surface area contributed by atoms with Crippen molar-refractivity contribution in [2.45, 2.75) is 44.5 Å². The molecule has 1 aliphatic rings. The van der Waals surface area contributed by atoms with Crippen molar-refractivity contribution < 1.29 is 4.79 Å². The summed E-state index contributed by atoms with van der Waals surface area (Å²) in [6.45, 7) is 7.63. The number of piperidine rings is 1. The number of amides is 1. The van der Waals surface area contributed by atoms with E-state index in [0.29, 0.717) is 27.5 Å². The maximum atomic E-state index is 13.3. The smallest absolute Gasteiger partial charge is 0.276 e. The van der Waals surface area contributed by atoms with E-state index in [9.17, 15) is 4.79 Å². The van der Waals surface area contributed by atoms with E-state index in [-0.39, 0.29) is 5.91 Å². The summed E-state index contributed by atoms with van der Waals surface area (Å²) in [4.78, 5) is 24.2. The van der Waals surface area contributed by atoms with Gasteiger partial charge in [-0.2, -0.15) is 0 Å². The summed E-state index contributed by atoms with van der Waals surface area (Å²) in [7, 11) is 0. The second-order valence-corrected chi connectivity index (χ2v) is 9.35. The zero-order valence-corrected chi connectivity index (χ0v) is 19.4.